The zero-order chi connectivity index (χ0) is 10.1. The van der Waals surface area contributed by atoms with Crippen molar-refractivity contribution in [3.05, 3.63) is 64.9 Å². The predicted molar refractivity (Wildman–Crippen MR) is 58.7 cm³/mol. The molecule has 2 nitrogen and oxygen atoms in total. The molecule has 0 unspecified atom stereocenters. The van der Waals surface area contributed by atoms with Crippen molar-refractivity contribution in [1.82, 2.24) is 4.98 Å². The molecule has 1 aliphatic heterocycles. The Balaban J connectivity index is 2.12. The highest BCUT2D eigenvalue weighted by molar-refractivity contribution is 5.40. The third-order valence-corrected chi connectivity index (χ3v) is 2.58. The molecule has 0 aliphatic carbocycles. The average molecular weight is 194 g/mol. The summed E-state index contributed by atoms with van der Waals surface area (Å²) in [5.41, 5.74) is 1.15. The van der Waals surface area contributed by atoms with E-state index in [4.69, 9.17) is 0 Å². The van der Waals surface area contributed by atoms with Crippen molar-refractivity contribution >= 4 is 6.08 Å². The van der Waals surface area contributed by atoms with E-state index in [0.29, 0.717) is 0 Å². The fourth-order valence-electron chi connectivity index (χ4n) is 1.82. The first-order valence-electron chi connectivity index (χ1n) is 4.98. The standard InChI is InChI=1S/C13H10N2/c1-2-6-12-10(4-1)8-13(15-12)11-5-3-7-14-9-11/h1-9,13H/t13-/m0/s1. The van der Waals surface area contributed by atoms with Gasteiger partial charge in [-0.25, -0.2) is 0 Å². The van der Waals surface area contributed by atoms with Crippen LogP contribution in [0.15, 0.2) is 53.8 Å². The molecule has 0 saturated heterocycles. The summed E-state index contributed by atoms with van der Waals surface area (Å²) in [5, 5.41) is 2.29. The van der Waals surface area contributed by atoms with Gasteiger partial charge >= 0.3 is 0 Å². The highest BCUT2D eigenvalue weighted by Gasteiger charge is 2.10. The fourth-order valence-corrected chi connectivity index (χ4v) is 1.82. The van der Waals surface area contributed by atoms with E-state index in [1.807, 2.05) is 30.5 Å². The Morgan fingerprint density at radius 2 is 1.93 bits per heavy atom. The Bertz CT molecular complexity index is 552. The van der Waals surface area contributed by atoms with Crippen LogP contribution in [0.1, 0.15) is 11.6 Å². The molecule has 15 heavy (non-hydrogen) atoms. The van der Waals surface area contributed by atoms with E-state index in [1.54, 1.807) is 6.20 Å². The van der Waals surface area contributed by atoms with E-state index in [2.05, 4.69) is 28.2 Å². The Hall–Kier alpha value is -1.96. The largest absolute Gasteiger partial charge is 0.272 e. The molecule has 0 saturated carbocycles. The van der Waals surface area contributed by atoms with E-state index in [9.17, 15) is 0 Å². The Kier molecular flexibility index (Phi) is 1.85. The monoisotopic (exact) mass is 194 g/mol. The molecule has 72 valence electrons. The van der Waals surface area contributed by atoms with Crippen LogP contribution >= 0.6 is 0 Å². The van der Waals surface area contributed by atoms with Crippen LogP contribution in [0.5, 0.6) is 0 Å². The third kappa shape index (κ3) is 1.44. The summed E-state index contributed by atoms with van der Waals surface area (Å²) in [6.07, 6.45) is 5.83. The number of hydrogen-bond acceptors (Lipinski definition) is 2. The molecule has 1 atom stereocenters. The van der Waals surface area contributed by atoms with Crippen molar-refractivity contribution in [3.63, 3.8) is 0 Å². The van der Waals surface area contributed by atoms with Crippen molar-refractivity contribution in [3.8, 4) is 0 Å². The van der Waals surface area contributed by atoms with Gasteiger partial charge in [0.1, 0.15) is 0 Å². The maximum atomic E-state index is 4.63. The van der Waals surface area contributed by atoms with E-state index in [-0.39, 0.29) is 6.04 Å². The molecule has 1 aromatic carbocycles. The predicted octanol–water partition coefficient (Wildman–Crippen LogP) is 1.24. The van der Waals surface area contributed by atoms with Gasteiger partial charge in [-0.05, 0) is 29.0 Å². The van der Waals surface area contributed by atoms with Crippen LogP contribution in [-0.2, 0) is 0 Å². The maximum absolute atomic E-state index is 4.63. The second-order valence-electron chi connectivity index (χ2n) is 3.59. The van der Waals surface area contributed by atoms with E-state index >= 15 is 0 Å². The van der Waals surface area contributed by atoms with Gasteiger partial charge in [0, 0.05) is 12.4 Å². The number of pyridine rings is 1. The van der Waals surface area contributed by atoms with E-state index in [1.165, 1.54) is 5.22 Å². The highest BCUT2D eigenvalue weighted by Crippen LogP contribution is 2.18. The van der Waals surface area contributed by atoms with Crippen LogP contribution in [0, 0.1) is 0 Å². The quantitative estimate of drug-likeness (QED) is 0.670. The lowest BCUT2D eigenvalue weighted by molar-refractivity contribution is 0.931. The number of benzene rings is 1. The molecule has 2 heterocycles. The SMILES string of the molecule is C1=c2ccccc2=N[C@@H]1c1cccnc1. The van der Waals surface area contributed by atoms with Gasteiger partial charge in [0.15, 0.2) is 0 Å². The second kappa shape index (κ2) is 3.31. The Morgan fingerprint density at radius 1 is 1.00 bits per heavy atom. The van der Waals surface area contributed by atoms with Gasteiger partial charge in [-0.3, -0.25) is 9.98 Å². The van der Waals surface area contributed by atoms with Gasteiger partial charge < -0.3 is 0 Å². The third-order valence-electron chi connectivity index (χ3n) is 2.58. The van der Waals surface area contributed by atoms with Gasteiger partial charge in [-0.2, -0.15) is 0 Å². The van der Waals surface area contributed by atoms with Crippen LogP contribution in [0.4, 0.5) is 0 Å². The van der Waals surface area contributed by atoms with Crippen LogP contribution in [0.25, 0.3) is 6.08 Å². The van der Waals surface area contributed by atoms with E-state index < -0.39 is 0 Å². The zero-order valence-corrected chi connectivity index (χ0v) is 8.17. The van der Waals surface area contributed by atoms with Crippen molar-refractivity contribution in [2.45, 2.75) is 6.04 Å². The first-order valence-corrected chi connectivity index (χ1v) is 4.98. The van der Waals surface area contributed by atoms with Crippen LogP contribution in [0.3, 0.4) is 0 Å². The highest BCUT2D eigenvalue weighted by atomic mass is 14.8. The summed E-state index contributed by atoms with van der Waals surface area (Å²) in [6.45, 7) is 0. The van der Waals surface area contributed by atoms with E-state index in [0.717, 1.165) is 10.9 Å². The normalized spacial score (nSPS) is 17.7. The van der Waals surface area contributed by atoms with Crippen molar-refractivity contribution < 1.29 is 0 Å². The summed E-state index contributed by atoms with van der Waals surface area (Å²) in [7, 11) is 0. The first kappa shape index (κ1) is 8.36. The number of fused-ring (bicyclic) bond motifs is 1. The Labute approximate surface area is 87.6 Å². The van der Waals surface area contributed by atoms with Gasteiger partial charge in [0.25, 0.3) is 0 Å². The topological polar surface area (TPSA) is 25.2 Å². The summed E-state index contributed by atoms with van der Waals surface area (Å²) in [5.74, 6) is 0. The minimum absolute atomic E-state index is 0.135. The van der Waals surface area contributed by atoms with Crippen molar-refractivity contribution in [2.75, 3.05) is 0 Å². The Morgan fingerprint density at radius 3 is 2.73 bits per heavy atom. The summed E-state index contributed by atoms with van der Waals surface area (Å²) < 4.78 is 0. The molecular weight excluding hydrogens is 184 g/mol. The molecule has 0 spiro atoms. The molecule has 2 heteroatoms. The fraction of sp³-hybridized carbons (Fsp3) is 0.0769. The maximum Gasteiger partial charge on any atom is 0.0962 e. The molecule has 0 amide bonds. The van der Waals surface area contributed by atoms with Crippen molar-refractivity contribution in [2.24, 2.45) is 4.99 Å². The number of hydrogen-bond donors (Lipinski definition) is 0. The van der Waals surface area contributed by atoms with Crippen molar-refractivity contribution in [1.29, 1.82) is 0 Å². The molecule has 3 rings (SSSR count). The first-order chi connectivity index (χ1) is 7.43. The number of para-hydroxylation sites is 1. The number of nitrogens with zero attached hydrogens (tertiary/aromatic N) is 2. The molecule has 2 aromatic rings. The molecule has 0 bridgehead atoms. The minimum atomic E-state index is 0.135. The molecular formula is C13H10N2. The van der Waals surface area contributed by atoms with Crippen LogP contribution < -0.4 is 10.6 Å². The summed E-state index contributed by atoms with van der Waals surface area (Å²) >= 11 is 0. The van der Waals surface area contributed by atoms with Gasteiger partial charge in [0.05, 0.1) is 11.4 Å². The molecule has 0 fully saturated rings. The second-order valence-corrected chi connectivity index (χ2v) is 3.59. The lowest BCUT2D eigenvalue weighted by Crippen LogP contribution is -2.19. The zero-order valence-electron chi connectivity index (χ0n) is 8.17. The van der Waals surface area contributed by atoms with Crippen LogP contribution in [-0.4, -0.2) is 4.98 Å². The molecule has 1 aliphatic rings. The minimum Gasteiger partial charge on any atom is -0.272 e. The van der Waals surface area contributed by atoms with Gasteiger partial charge in [-0.1, -0.05) is 24.3 Å². The lowest BCUT2D eigenvalue weighted by Gasteiger charge is -2.02. The van der Waals surface area contributed by atoms with Gasteiger partial charge in [-0.15, -0.1) is 0 Å². The average Bonchev–Trinajstić information content (AvgIpc) is 2.74. The van der Waals surface area contributed by atoms with Gasteiger partial charge in [0.2, 0.25) is 0 Å². The molecule has 1 aromatic heterocycles. The summed E-state index contributed by atoms with van der Waals surface area (Å²) in [6, 6.07) is 12.3. The lowest BCUT2D eigenvalue weighted by atomic mass is 10.1. The number of rotatable bonds is 1. The smallest absolute Gasteiger partial charge is 0.0962 e. The number of aromatic nitrogens is 1. The molecule has 0 N–H and O–H groups in total. The van der Waals surface area contributed by atoms with Crippen LogP contribution in [0.2, 0.25) is 0 Å². The molecule has 0 radical (unpaired) electrons. The summed E-state index contributed by atoms with van der Waals surface area (Å²) in [4.78, 5) is 8.74.